The lowest BCUT2D eigenvalue weighted by Crippen LogP contribution is -2.09. The fourth-order valence-electron chi connectivity index (χ4n) is 1.05. The van der Waals surface area contributed by atoms with Gasteiger partial charge in [0.1, 0.15) is 5.15 Å². The Balaban J connectivity index is 2.09. The number of aromatic nitrogens is 1. The molecule has 0 unspecified atom stereocenters. The van der Waals surface area contributed by atoms with Gasteiger partial charge in [0.05, 0.1) is 16.8 Å². The van der Waals surface area contributed by atoms with Crippen LogP contribution in [0.2, 0.25) is 5.15 Å². The van der Waals surface area contributed by atoms with Gasteiger partial charge in [0.15, 0.2) is 0 Å². The van der Waals surface area contributed by atoms with Gasteiger partial charge in [0.2, 0.25) is 0 Å². The maximum Gasteiger partial charge on any atom is 0.265 e. The van der Waals surface area contributed by atoms with Crippen LogP contribution in [0.15, 0.2) is 35.8 Å². The van der Waals surface area contributed by atoms with Crippen molar-refractivity contribution < 1.29 is 4.79 Å². The van der Waals surface area contributed by atoms with E-state index in [1.54, 1.807) is 18.2 Å². The predicted molar refractivity (Wildman–Crippen MR) is 61.5 cm³/mol. The number of amides is 1. The molecule has 76 valence electrons. The molecule has 0 aliphatic carbocycles. The summed E-state index contributed by atoms with van der Waals surface area (Å²) in [6.45, 7) is 0. The minimum absolute atomic E-state index is 0.130. The molecule has 15 heavy (non-hydrogen) atoms. The van der Waals surface area contributed by atoms with Crippen LogP contribution in [-0.2, 0) is 0 Å². The normalized spacial score (nSPS) is 9.93. The number of thiophene rings is 1. The first-order valence-electron chi connectivity index (χ1n) is 4.22. The number of nitrogens with one attached hydrogen (secondary N) is 1. The lowest BCUT2D eigenvalue weighted by atomic mass is 10.4. The average molecular weight is 239 g/mol. The van der Waals surface area contributed by atoms with Crippen LogP contribution in [-0.4, -0.2) is 10.9 Å². The van der Waals surface area contributed by atoms with Crippen molar-refractivity contribution in [1.82, 2.24) is 4.98 Å². The zero-order chi connectivity index (χ0) is 10.7. The summed E-state index contributed by atoms with van der Waals surface area (Å²) < 4.78 is 0. The van der Waals surface area contributed by atoms with E-state index >= 15 is 0 Å². The molecule has 5 heteroatoms. The molecule has 2 aromatic heterocycles. The van der Waals surface area contributed by atoms with Crippen LogP contribution in [0.3, 0.4) is 0 Å². The molecule has 0 saturated heterocycles. The maximum atomic E-state index is 11.6. The van der Waals surface area contributed by atoms with Crippen molar-refractivity contribution in [2.45, 2.75) is 0 Å². The molecule has 0 radical (unpaired) electrons. The fraction of sp³-hybridized carbons (Fsp3) is 0. The third-order valence-corrected chi connectivity index (χ3v) is 2.82. The zero-order valence-corrected chi connectivity index (χ0v) is 9.18. The summed E-state index contributed by atoms with van der Waals surface area (Å²) in [5.74, 6) is -0.130. The standard InChI is InChI=1S/C10H7ClN2OS/c11-9-4-3-7(6-12-9)13-10(14)8-2-1-5-15-8/h1-6H,(H,13,14). The molecule has 3 nitrogen and oxygen atoms in total. The molecule has 0 atom stereocenters. The molecule has 1 N–H and O–H groups in total. The van der Waals surface area contributed by atoms with Crippen molar-refractivity contribution in [3.05, 3.63) is 45.9 Å². The summed E-state index contributed by atoms with van der Waals surface area (Å²) in [6.07, 6.45) is 1.52. The van der Waals surface area contributed by atoms with Gasteiger partial charge in [-0.15, -0.1) is 11.3 Å². The number of anilines is 1. The van der Waals surface area contributed by atoms with Crippen LogP contribution in [0, 0.1) is 0 Å². The van der Waals surface area contributed by atoms with E-state index in [-0.39, 0.29) is 5.91 Å². The molecule has 0 spiro atoms. The average Bonchev–Trinajstić information content (AvgIpc) is 2.74. The lowest BCUT2D eigenvalue weighted by molar-refractivity contribution is 0.103. The topological polar surface area (TPSA) is 42.0 Å². The Labute approximate surface area is 95.7 Å². The van der Waals surface area contributed by atoms with Crippen molar-refractivity contribution >= 4 is 34.5 Å². The monoisotopic (exact) mass is 238 g/mol. The van der Waals surface area contributed by atoms with Gasteiger partial charge in [-0.2, -0.15) is 0 Å². The van der Waals surface area contributed by atoms with Crippen LogP contribution in [0.4, 0.5) is 5.69 Å². The Bertz CT molecular complexity index is 453. The van der Waals surface area contributed by atoms with Gasteiger partial charge in [-0.1, -0.05) is 17.7 Å². The molecule has 0 aliphatic rings. The molecule has 0 saturated carbocycles. The van der Waals surface area contributed by atoms with E-state index in [2.05, 4.69) is 10.3 Å². The summed E-state index contributed by atoms with van der Waals surface area (Å²) in [7, 11) is 0. The summed E-state index contributed by atoms with van der Waals surface area (Å²) in [6, 6.07) is 6.94. The van der Waals surface area contributed by atoms with Crippen LogP contribution >= 0.6 is 22.9 Å². The van der Waals surface area contributed by atoms with Crippen molar-refractivity contribution in [2.75, 3.05) is 5.32 Å². The van der Waals surface area contributed by atoms with Gasteiger partial charge >= 0.3 is 0 Å². The van der Waals surface area contributed by atoms with Gasteiger partial charge in [-0.05, 0) is 23.6 Å². The number of rotatable bonds is 2. The van der Waals surface area contributed by atoms with E-state index < -0.39 is 0 Å². The molecule has 0 aliphatic heterocycles. The van der Waals surface area contributed by atoms with E-state index in [4.69, 9.17) is 11.6 Å². The Morgan fingerprint density at radius 2 is 2.27 bits per heavy atom. The summed E-state index contributed by atoms with van der Waals surface area (Å²) in [5, 5.41) is 4.98. The third kappa shape index (κ3) is 2.55. The van der Waals surface area contributed by atoms with E-state index in [1.807, 2.05) is 11.4 Å². The quantitative estimate of drug-likeness (QED) is 0.817. The van der Waals surface area contributed by atoms with E-state index in [9.17, 15) is 4.79 Å². The van der Waals surface area contributed by atoms with Crippen molar-refractivity contribution in [3.8, 4) is 0 Å². The van der Waals surface area contributed by atoms with Gasteiger partial charge < -0.3 is 5.32 Å². The van der Waals surface area contributed by atoms with Crippen molar-refractivity contribution in [1.29, 1.82) is 0 Å². The van der Waals surface area contributed by atoms with Gasteiger partial charge in [-0.25, -0.2) is 4.98 Å². The molecular formula is C10H7ClN2OS. The molecular weight excluding hydrogens is 232 g/mol. The van der Waals surface area contributed by atoms with Crippen molar-refractivity contribution in [3.63, 3.8) is 0 Å². The van der Waals surface area contributed by atoms with E-state index in [0.29, 0.717) is 15.7 Å². The van der Waals surface area contributed by atoms with Gasteiger partial charge in [-0.3, -0.25) is 4.79 Å². The minimum Gasteiger partial charge on any atom is -0.320 e. The van der Waals surface area contributed by atoms with Crippen LogP contribution in [0.5, 0.6) is 0 Å². The van der Waals surface area contributed by atoms with Crippen LogP contribution < -0.4 is 5.32 Å². The lowest BCUT2D eigenvalue weighted by Gasteiger charge is -2.02. The van der Waals surface area contributed by atoms with Crippen molar-refractivity contribution in [2.24, 2.45) is 0 Å². The number of hydrogen-bond acceptors (Lipinski definition) is 3. The highest BCUT2D eigenvalue weighted by atomic mass is 35.5. The van der Waals surface area contributed by atoms with Crippen LogP contribution in [0.25, 0.3) is 0 Å². The Morgan fingerprint density at radius 3 is 2.87 bits per heavy atom. The zero-order valence-electron chi connectivity index (χ0n) is 7.61. The molecule has 1 amide bonds. The fourth-order valence-corrected chi connectivity index (χ4v) is 1.78. The second kappa shape index (κ2) is 4.42. The first kappa shape index (κ1) is 10.1. The number of pyridine rings is 1. The molecule has 2 aromatic rings. The molecule has 0 aromatic carbocycles. The highest BCUT2D eigenvalue weighted by molar-refractivity contribution is 7.12. The number of nitrogens with zero attached hydrogens (tertiary/aromatic N) is 1. The number of carbonyl (C=O) groups is 1. The largest absolute Gasteiger partial charge is 0.320 e. The minimum atomic E-state index is -0.130. The second-order valence-corrected chi connectivity index (χ2v) is 4.14. The maximum absolute atomic E-state index is 11.6. The molecule has 0 bridgehead atoms. The SMILES string of the molecule is O=C(Nc1ccc(Cl)nc1)c1cccs1. The van der Waals surface area contributed by atoms with Crippen LogP contribution in [0.1, 0.15) is 9.67 Å². The van der Waals surface area contributed by atoms with Gasteiger partial charge in [0, 0.05) is 0 Å². The van der Waals surface area contributed by atoms with E-state index in [1.165, 1.54) is 17.5 Å². The van der Waals surface area contributed by atoms with E-state index in [0.717, 1.165) is 0 Å². The highest BCUT2D eigenvalue weighted by Gasteiger charge is 2.06. The Hall–Kier alpha value is -1.39. The third-order valence-electron chi connectivity index (χ3n) is 1.73. The highest BCUT2D eigenvalue weighted by Crippen LogP contribution is 2.13. The molecule has 0 fully saturated rings. The Kier molecular flexibility index (Phi) is 2.99. The first-order chi connectivity index (χ1) is 7.25. The summed E-state index contributed by atoms with van der Waals surface area (Å²) >= 11 is 7.02. The summed E-state index contributed by atoms with van der Waals surface area (Å²) in [5.41, 5.74) is 0.637. The smallest absolute Gasteiger partial charge is 0.265 e. The summed E-state index contributed by atoms with van der Waals surface area (Å²) in [4.78, 5) is 16.1. The number of halogens is 1. The second-order valence-electron chi connectivity index (χ2n) is 2.80. The molecule has 2 rings (SSSR count). The number of hydrogen-bond donors (Lipinski definition) is 1. The predicted octanol–water partition coefficient (Wildman–Crippen LogP) is 3.05. The Morgan fingerprint density at radius 1 is 1.40 bits per heavy atom. The molecule has 2 heterocycles. The first-order valence-corrected chi connectivity index (χ1v) is 5.48. The van der Waals surface area contributed by atoms with Gasteiger partial charge in [0.25, 0.3) is 5.91 Å². The number of carbonyl (C=O) groups excluding carboxylic acids is 1.